The van der Waals surface area contributed by atoms with Crippen LogP contribution in [0.4, 0.5) is 0 Å². The average molecular weight is 308 g/mol. The van der Waals surface area contributed by atoms with Crippen molar-refractivity contribution in [3.63, 3.8) is 0 Å². The molecule has 1 N–H and O–H groups in total. The molecule has 5 nitrogen and oxygen atoms in total. The van der Waals surface area contributed by atoms with Gasteiger partial charge in [-0.3, -0.25) is 4.79 Å². The van der Waals surface area contributed by atoms with Gasteiger partial charge in [0.1, 0.15) is 13.2 Å². The summed E-state index contributed by atoms with van der Waals surface area (Å²) in [6.07, 6.45) is 1.03. The maximum absolute atomic E-state index is 12.2. The fourth-order valence-corrected chi connectivity index (χ4v) is 3.27. The SMILES string of the molecule is O=C(CSc1ccc2c(c1)OCCO2)N1CCCNCC1. The molecule has 1 aromatic carbocycles. The van der Waals surface area contributed by atoms with Gasteiger partial charge in [0.25, 0.3) is 0 Å². The lowest BCUT2D eigenvalue weighted by Crippen LogP contribution is -2.35. The molecular formula is C15H20N2O3S. The quantitative estimate of drug-likeness (QED) is 0.855. The Hall–Kier alpha value is -1.40. The number of nitrogens with zero attached hydrogens (tertiary/aromatic N) is 1. The monoisotopic (exact) mass is 308 g/mol. The summed E-state index contributed by atoms with van der Waals surface area (Å²) in [5.41, 5.74) is 0. The van der Waals surface area contributed by atoms with Crippen molar-refractivity contribution >= 4 is 17.7 Å². The van der Waals surface area contributed by atoms with E-state index in [1.807, 2.05) is 23.1 Å². The summed E-state index contributed by atoms with van der Waals surface area (Å²) in [6.45, 7) is 4.73. The first-order chi connectivity index (χ1) is 10.3. The second-order valence-electron chi connectivity index (χ2n) is 5.08. The van der Waals surface area contributed by atoms with Crippen LogP contribution in [-0.4, -0.2) is 56.0 Å². The molecule has 114 valence electrons. The van der Waals surface area contributed by atoms with E-state index in [9.17, 15) is 4.79 Å². The molecule has 0 radical (unpaired) electrons. The Kier molecular flexibility index (Phi) is 4.87. The molecule has 0 bridgehead atoms. The summed E-state index contributed by atoms with van der Waals surface area (Å²) in [5, 5.41) is 3.31. The van der Waals surface area contributed by atoms with E-state index in [-0.39, 0.29) is 5.91 Å². The molecule has 2 aliphatic rings. The van der Waals surface area contributed by atoms with E-state index >= 15 is 0 Å². The molecule has 1 saturated heterocycles. The summed E-state index contributed by atoms with van der Waals surface area (Å²) in [6, 6.07) is 5.85. The van der Waals surface area contributed by atoms with Crippen LogP contribution in [0.15, 0.2) is 23.1 Å². The third-order valence-corrected chi connectivity index (χ3v) is 4.55. The zero-order chi connectivity index (χ0) is 14.5. The molecule has 1 aromatic rings. The van der Waals surface area contributed by atoms with Crippen LogP contribution >= 0.6 is 11.8 Å². The van der Waals surface area contributed by atoms with Crippen molar-refractivity contribution in [3.8, 4) is 11.5 Å². The van der Waals surface area contributed by atoms with Crippen molar-refractivity contribution in [2.75, 3.05) is 45.1 Å². The minimum absolute atomic E-state index is 0.207. The van der Waals surface area contributed by atoms with Gasteiger partial charge in [-0.15, -0.1) is 11.8 Å². The Morgan fingerprint density at radius 3 is 2.95 bits per heavy atom. The van der Waals surface area contributed by atoms with E-state index < -0.39 is 0 Å². The van der Waals surface area contributed by atoms with E-state index in [4.69, 9.17) is 9.47 Å². The molecule has 0 aromatic heterocycles. The zero-order valence-electron chi connectivity index (χ0n) is 12.0. The molecule has 1 fully saturated rings. The molecule has 3 rings (SSSR count). The zero-order valence-corrected chi connectivity index (χ0v) is 12.8. The second-order valence-corrected chi connectivity index (χ2v) is 6.13. The first-order valence-corrected chi connectivity index (χ1v) is 8.32. The van der Waals surface area contributed by atoms with Gasteiger partial charge < -0.3 is 19.7 Å². The van der Waals surface area contributed by atoms with Crippen molar-refractivity contribution in [1.82, 2.24) is 10.2 Å². The van der Waals surface area contributed by atoms with E-state index in [1.165, 1.54) is 0 Å². The highest BCUT2D eigenvalue weighted by molar-refractivity contribution is 8.00. The van der Waals surface area contributed by atoms with Crippen LogP contribution in [0.2, 0.25) is 0 Å². The Bertz CT molecular complexity index is 502. The van der Waals surface area contributed by atoms with Gasteiger partial charge in [0.05, 0.1) is 5.75 Å². The number of ether oxygens (including phenoxy) is 2. The average Bonchev–Trinajstić information content (AvgIpc) is 2.81. The number of hydrogen-bond acceptors (Lipinski definition) is 5. The lowest BCUT2D eigenvalue weighted by molar-refractivity contribution is -0.128. The predicted octanol–water partition coefficient (Wildman–Crippen LogP) is 1.37. The van der Waals surface area contributed by atoms with Gasteiger partial charge in [-0.1, -0.05) is 0 Å². The lowest BCUT2D eigenvalue weighted by Gasteiger charge is -2.20. The fraction of sp³-hybridized carbons (Fsp3) is 0.533. The maximum Gasteiger partial charge on any atom is 0.232 e. The normalized spacial score (nSPS) is 18.2. The van der Waals surface area contributed by atoms with Gasteiger partial charge in [-0.2, -0.15) is 0 Å². The first kappa shape index (κ1) is 14.5. The van der Waals surface area contributed by atoms with Gasteiger partial charge in [-0.05, 0) is 31.2 Å². The number of carbonyl (C=O) groups excluding carboxylic acids is 1. The Labute approximate surface area is 129 Å². The topological polar surface area (TPSA) is 50.8 Å². The molecular weight excluding hydrogens is 288 g/mol. The first-order valence-electron chi connectivity index (χ1n) is 7.34. The smallest absolute Gasteiger partial charge is 0.232 e. The molecule has 1 amide bonds. The van der Waals surface area contributed by atoms with Crippen LogP contribution in [0.5, 0.6) is 11.5 Å². The Balaban J connectivity index is 1.55. The van der Waals surface area contributed by atoms with Gasteiger partial charge in [0.15, 0.2) is 11.5 Å². The van der Waals surface area contributed by atoms with Gasteiger partial charge in [0, 0.05) is 24.5 Å². The van der Waals surface area contributed by atoms with Gasteiger partial charge >= 0.3 is 0 Å². The largest absolute Gasteiger partial charge is 0.486 e. The van der Waals surface area contributed by atoms with Gasteiger partial charge in [-0.25, -0.2) is 0 Å². The second kappa shape index (κ2) is 7.04. The van der Waals surface area contributed by atoms with Crippen molar-refractivity contribution in [3.05, 3.63) is 18.2 Å². The molecule has 21 heavy (non-hydrogen) atoms. The van der Waals surface area contributed by atoms with E-state index in [1.54, 1.807) is 11.8 Å². The van der Waals surface area contributed by atoms with Crippen molar-refractivity contribution in [2.24, 2.45) is 0 Å². The number of rotatable bonds is 3. The highest BCUT2D eigenvalue weighted by atomic mass is 32.2. The highest BCUT2D eigenvalue weighted by Gasteiger charge is 2.16. The number of amides is 1. The highest BCUT2D eigenvalue weighted by Crippen LogP contribution is 2.34. The third kappa shape index (κ3) is 3.83. The molecule has 2 aliphatic heterocycles. The van der Waals surface area contributed by atoms with Gasteiger partial charge in [0.2, 0.25) is 5.91 Å². The van der Waals surface area contributed by atoms with Crippen molar-refractivity contribution < 1.29 is 14.3 Å². The number of benzene rings is 1. The number of nitrogens with one attached hydrogen (secondary N) is 1. The summed E-state index contributed by atoms with van der Waals surface area (Å²) in [4.78, 5) is 15.2. The van der Waals surface area contributed by atoms with Crippen molar-refractivity contribution in [2.45, 2.75) is 11.3 Å². The third-order valence-electron chi connectivity index (χ3n) is 3.57. The van der Waals surface area contributed by atoms with Crippen molar-refractivity contribution in [1.29, 1.82) is 0 Å². The van der Waals surface area contributed by atoms with Crippen LogP contribution in [-0.2, 0) is 4.79 Å². The number of thioether (sulfide) groups is 1. The van der Waals surface area contributed by atoms with E-state index in [2.05, 4.69) is 5.32 Å². The minimum Gasteiger partial charge on any atom is -0.486 e. The number of carbonyl (C=O) groups is 1. The fourth-order valence-electron chi connectivity index (χ4n) is 2.44. The summed E-state index contributed by atoms with van der Waals surface area (Å²) >= 11 is 1.55. The van der Waals surface area contributed by atoms with Crippen LogP contribution < -0.4 is 14.8 Å². The molecule has 2 heterocycles. The lowest BCUT2D eigenvalue weighted by atomic mass is 10.3. The maximum atomic E-state index is 12.2. The predicted molar refractivity (Wildman–Crippen MR) is 82.2 cm³/mol. The minimum atomic E-state index is 0.207. The van der Waals surface area contributed by atoms with Crippen LogP contribution in [0.25, 0.3) is 0 Å². The molecule has 0 aliphatic carbocycles. The summed E-state index contributed by atoms with van der Waals surface area (Å²) in [7, 11) is 0. The summed E-state index contributed by atoms with van der Waals surface area (Å²) < 4.78 is 11.1. The molecule has 6 heteroatoms. The van der Waals surface area contributed by atoms with Crippen LogP contribution in [0.3, 0.4) is 0 Å². The van der Waals surface area contributed by atoms with Crippen LogP contribution in [0.1, 0.15) is 6.42 Å². The van der Waals surface area contributed by atoms with E-state index in [0.29, 0.717) is 19.0 Å². The Morgan fingerprint density at radius 1 is 1.19 bits per heavy atom. The molecule has 0 unspecified atom stereocenters. The summed E-state index contributed by atoms with van der Waals surface area (Å²) in [5.74, 6) is 2.24. The number of fused-ring (bicyclic) bond motifs is 1. The molecule has 0 atom stereocenters. The molecule has 0 saturated carbocycles. The van der Waals surface area contributed by atoms with E-state index in [0.717, 1.165) is 49.0 Å². The standard InChI is InChI=1S/C15H20N2O3S/c18-15(17-6-1-4-16-5-7-17)11-21-12-2-3-13-14(10-12)20-9-8-19-13/h2-3,10,16H,1,4-9,11H2. The number of hydrogen-bond donors (Lipinski definition) is 1. The van der Waals surface area contributed by atoms with Crippen LogP contribution in [0, 0.1) is 0 Å². The Morgan fingerprint density at radius 2 is 2.05 bits per heavy atom. The molecule has 0 spiro atoms.